The predicted molar refractivity (Wildman–Crippen MR) is 107 cm³/mol. The van der Waals surface area contributed by atoms with Gasteiger partial charge in [-0.3, -0.25) is 4.79 Å². The van der Waals surface area contributed by atoms with E-state index in [-0.39, 0.29) is 0 Å². The maximum absolute atomic E-state index is 12.0. The van der Waals surface area contributed by atoms with Gasteiger partial charge in [-0.1, -0.05) is 0 Å². The lowest BCUT2D eigenvalue weighted by molar-refractivity contribution is -0.149. The van der Waals surface area contributed by atoms with Crippen LogP contribution in [0, 0.1) is 0 Å². The molecule has 1 aromatic heterocycles. The molecule has 0 spiro atoms. The molecule has 3 aromatic rings. The Morgan fingerprint density at radius 1 is 0.933 bits per heavy atom. The molecular formula is C21H19NO8. The van der Waals surface area contributed by atoms with Gasteiger partial charge in [-0.2, -0.15) is 0 Å². The van der Waals surface area contributed by atoms with Crippen LogP contribution in [0.3, 0.4) is 0 Å². The smallest absolute Gasteiger partial charge is 0.344 e. The third-order valence-corrected chi connectivity index (χ3v) is 4.00. The number of amides is 1. The second-order valence-corrected chi connectivity index (χ2v) is 6.02. The van der Waals surface area contributed by atoms with Gasteiger partial charge in [0.2, 0.25) is 0 Å². The maximum Gasteiger partial charge on any atom is 0.344 e. The van der Waals surface area contributed by atoms with Gasteiger partial charge in [-0.15, -0.1) is 0 Å². The Balaban J connectivity index is 1.50. The van der Waals surface area contributed by atoms with Crippen LogP contribution in [0.4, 0.5) is 5.69 Å². The molecule has 9 heteroatoms. The highest BCUT2D eigenvalue weighted by molar-refractivity contribution is 5.94. The van der Waals surface area contributed by atoms with E-state index in [1.54, 1.807) is 36.4 Å². The van der Waals surface area contributed by atoms with Gasteiger partial charge in [-0.25, -0.2) is 9.59 Å². The van der Waals surface area contributed by atoms with Crippen molar-refractivity contribution in [3.8, 4) is 17.2 Å². The van der Waals surface area contributed by atoms with Crippen molar-refractivity contribution in [1.29, 1.82) is 0 Å². The Labute approximate surface area is 171 Å². The summed E-state index contributed by atoms with van der Waals surface area (Å²) in [7, 11) is 2.97. The van der Waals surface area contributed by atoms with E-state index in [0.717, 1.165) is 5.39 Å². The van der Waals surface area contributed by atoms with E-state index in [1.165, 1.54) is 26.4 Å². The number of hydrogen-bond donors (Lipinski definition) is 1. The van der Waals surface area contributed by atoms with E-state index in [9.17, 15) is 14.4 Å². The van der Waals surface area contributed by atoms with Gasteiger partial charge in [0.15, 0.2) is 13.2 Å². The Morgan fingerprint density at radius 2 is 1.70 bits per heavy atom. The summed E-state index contributed by atoms with van der Waals surface area (Å²) >= 11 is 0. The predicted octanol–water partition coefficient (Wildman–Crippen LogP) is 2.37. The van der Waals surface area contributed by atoms with Crippen LogP contribution in [0.15, 0.2) is 57.7 Å². The number of nitrogens with one attached hydrogen (secondary N) is 1. The van der Waals surface area contributed by atoms with Crippen molar-refractivity contribution in [2.24, 2.45) is 0 Å². The molecule has 0 unspecified atom stereocenters. The second kappa shape index (κ2) is 9.46. The van der Waals surface area contributed by atoms with Crippen molar-refractivity contribution in [2.75, 3.05) is 32.8 Å². The third-order valence-electron chi connectivity index (χ3n) is 4.00. The summed E-state index contributed by atoms with van der Waals surface area (Å²) in [6.07, 6.45) is 0. The highest BCUT2D eigenvalue weighted by Crippen LogP contribution is 2.28. The molecule has 0 radical (unpaired) electrons. The number of rotatable bonds is 8. The first-order chi connectivity index (χ1) is 14.5. The normalized spacial score (nSPS) is 10.3. The lowest BCUT2D eigenvalue weighted by atomic mass is 10.2. The van der Waals surface area contributed by atoms with Crippen LogP contribution < -0.4 is 25.2 Å². The standard InChI is InChI=1S/C21H19NO8/c1-26-14-6-7-16(18(9-14)27-2)22-19(23)11-29-21(25)12-28-15-5-3-13-4-8-20(24)30-17(13)10-15/h3-10H,11-12H2,1-2H3,(H,22,23). The molecule has 1 amide bonds. The van der Waals surface area contributed by atoms with Crippen LogP contribution in [0.5, 0.6) is 17.2 Å². The van der Waals surface area contributed by atoms with Crippen LogP contribution in [0.25, 0.3) is 11.0 Å². The highest BCUT2D eigenvalue weighted by Gasteiger charge is 2.12. The lowest BCUT2D eigenvalue weighted by Crippen LogP contribution is -2.23. The lowest BCUT2D eigenvalue weighted by Gasteiger charge is -2.12. The van der Waals surface area contributed by atoms with Gasteiger partial charge in [0.1, 0.15) is 22.8 Å². The average molecular weight is 413 g/mol. The van der Waals surface area contributed by atoms with Crippen LogP contribution in [-0.2, 0) is 14.3 Å². The van der Waals surface area contributed by atoms with Gasteiger partial charge in [0.25, 0.3) is 5.91 Å². The van der Waals surface area contributed by atoms with Gasteiger partial charge in [0, 0.05) is 23.6 Å². The second-order valence-electron chi connectivity index (χ2n) is 6.02. The van der Waals surface area contributed by atoms with Crippen LogP contribution in [-0.4, -0.2) is 39.3 Å². The molecule has 2 aromatic carbocycles. The van der Waals surface area contributed by atoms with Gasteiger partial charge >= 0.3 is 11.6 Å². The molecule has 1 N–H and O–H groups in total. The molecule has 30 heavy (non-hydrogen) atoms. The third kappa shape index (κ3) is 5.28. The molecule has 0 atom stereocenters. The zero-order chi connectivity index (χ0) is 21.5. The van der Waals surface area contributed by atoms with Gasteiger partial charge < -0.3 is 28.7 Å². The molecule has 0 saturated carbocycles. The largest absolute Gasteiger partial charge is 0.497 e. The topological polar surface area (TPSA) is 113 Å². The summed E-state index contributed by atoms with van der Waals surface area (Å²) in [5.74, 6) is 0.0173. The van der Waals surface area contributed by atoms with Crippen molar-refractivity contribution < 1.29 is 33.0 Å². The molecule has 0 bridgehead atoms. The molecule has 156 valence electrons. The summed E-state index contributed by atoms with van der Waals surface area (Å²) in [5.41, 5.74) is 0.257. The first kappa shape index (κ1) is 20.7. The van der Waals surface area contributed by atoms with E-state index < -0.39 is 30.7 Å². The minimum atomic E-state index is -0.735. The Morgan fingerprint density at radius 3 is 2.47 bits per heavy atom. The zero-order valence-corrected chi connectivity index (χ0v) is 16.3. The molecule has 9 nitrogen and oxygen atoms in total. The minimum absolute atomic E-state index is 0.321. The summed E-state index contributed by atoms with van der Waals surface area (Å²) in [5, 5.41) is 3.31. The zero-order valence-electron chi connectivity index (χ0n) is 16.3. The number of methoxy groups -OCH3 is 2. The number of ether oxygens (including phenoxy) is 4. The van der Waals surface area contributed by atoms with Crippen molar-refractivity contribution in [1.82, 2.24) is 0 Å². The van der Waals surface area contributed by atoms with Crippen LogP contribution in [0.2, 0.25) is 0 Å². The van der Waals surface area contributed by atoms with Gasteiger partial charge in [-0.05, 0) is 30.3 Å². The Kier molecular flexibility index (Phi) is 6.53. The molecule has 1 heterocycles. The number of anilines is 1. The van der Waals surface area contributed by atoms with E-state index in [4.69, 9.17) is 23.4 Å². The van der Waals surface area contributed by atoms with E-state index in [1.807, 2.05) is 0 Å². The van der Waals surface area contributed by atoms with Crippen molar-refractivity contribution in [3.63, 3.8) is 0 Å². The minimum Gasteiger partial charge on any atom is -0.497 e. The summed E-state index contributed by atoms with van der Waals surface area (Å²) in [6, 6.07) is 12.6. The number of benzene rings is 2. The molecule has 0 fully saturated rings. The highest BCUT2D eigenvalue weighted by atomic mass is 16.6. The fourth-order valence-corrected chi connectivity index (χ4v) is 2.55. The number of carbonyl (C=O) groups is 2. The summed E-state index contributed by atoms with van der Waals surface area (Å²) in [6.45, 7) is -0.911. The monoisotopic (exact) mass is 413 g/mol. The first-order valence-corrected chi connectivity index (χ1v) is 8.82. The summed E-state index contributed by atoms with van der Waals surface area (Å²) in [4.78, 5) is 35.2. The molecule has 0 aliphatic carbocycles. The molecule has 3 rings (SSSR count). The van der Waals surface area contributed by atoms with E-state index in [0.29, 0.717) is 28.5 Å². The Hall–Kier alpha value is -4.01. The maximum atomic E-state index is 12.0. The molecule has 0 aliphatic rings. The molecule has 0 saturated heterocycles. The van der Waals surface area contributed by atoms with Crippen molar-refractivity contribution in [3.05, 3.63) is 59.0 Å². The fourth-order valence-electron chi connectivity index (χ4n) is 2.55. The van der Waals surface area contributed by atoms with Crippen molar-refractivity contribution in [2.45, 2.75) is 0 Å². The van der Waals surface area contributed by atoms with Crippen LogP contribution >= 0.6 is 0 Å². The first-order valence-electron chi connectivity index (χ1n) is 8.82. The fraction of sp³-hybridized carbons (Fsp3) is 0.190. The van der Waals surface area contributed by atoms with Crippen molar-refractivity contribution >= 4 is 28.5 Å². The summed E-state index contributed by atoms with van der Waals surface area (Å²) < 4.78 is 25.6. The van der Waals surface area contributed by atoms with E-state index in [2.05, 4.69) is 5.32 Å². The molecule has 0 aliphatic heterocycles. The Bertz CT molecular complexity index is 1120. The van der Waals surface area contributed by atoms with Gasteiger partial charge in [0.05, 0.1) is 19.9 Å². The number of fused-ring (bicyclic) bond motifs is 1. The van der Waals surface area contributed by atoms with Crippen LogP contribution in [0.1, 0.15) is 0 Å². The van der Waals surface area contributed by atoms with E-state index >= 15 is 0 Å². The molecular weight excluding hydrogens is 394 g/mol. The SMILES string of the molecule is COc1ccc(NC(=O)COC(=O)COc2ccc3ccc(=O)oc3c2)c(OC)c1. The quantitative estimate of drug-likeness (QED) is 0.442. The number of hydrogen-bond acceptors (Lipinski definition) is 8. The number of esters is 1. The number of carbonyl (C=O) groups excluding carboxylic acids is 2. The average Bonchev–Trinajstić information content (AvgIpc) is 2.76.